The molecule has 0 atom stereocenters. The number of hydrogen-bond acceptors (Lipinski definition) is 2. The van der Waals surface area contributed by atoms with Crippen LogP contribution in [0, 0.1) is 27.2 Å². The summed E-state index contributed by atoms with van der Waals surface area (Å²) < 4.78 is 6.52. The molecule has 0 bridgehead atoms. The molecule has 102 valence electrons. The van der Waals surface area contributed by atoms with E-state index in [1.54, 1.807) is 0 Å². The Labute approximate surface area is 138 Å². The Morgan fingerprint density at radius 1 is 1.24 bits per heavy atom. The minimum absolute atomic E-state index is 0.232. The second-order valence-corrected chi connectivity index (χ2v) is 5.49. The Hall–Kier alpha value is -2.24. The predicted molar refractivity (Wildman–Crippen MR) is 93.4 cm³/mol. The van der Waals surface area contributed by atoms with E-state index in [2.05, 4.69) is 34.6 Å². The molecule has 0 saturated carbocycles. The molecule has 0 saturated heterocycles. The molecule has 0 amide bonds. The average Bonchev–Trinajstić information content (AvgIpc) is 2.52. The third-order valence-electron chi connectivity index (χ3n) is 2.77. The van der Waals surface area contributed by atoms with E-state index in [0.717, 1.165) is 14.7 Å². The fourth-order valence-corrected chi connectivity index (χ4v) is 2.15. The van der Waals surface area contributed by atoms with E-state index in [4.69, 9.17) is 11.2 Å². The van der Waals surface area contributed by atoms with Crippen molar-refractivity contribution in [3.05, 3.63) is 63.2 Å². The molecule has 0 heterocycles. The number of nitriles is 1. The van der Waals surface area contributed by atoms with Crippen molar-refractivity contribution < 1.29 is 4.74 Å². The van der Waals surface area contributed by atoms with E-state index in [1.165, 1.54) is 0 Å². The number of halogens is 1. The Kier molecular flexibility index (Phi) is 5.43. The number of terminal acetylenes is 1. The number of rotatable bonds is 4. The molecule has 2 rings (SSSR count). The summed E-state index contributed by atoms with van der Waals surface area (Å²) in [7, 11) is 0. The first-order chi connectivity index (χ1) is 10.2. The molecule has 21 heavy (non-hydrogen) atoms. The standard InChI is InChI=1S/C18H12INO/c1-2-10-21-18-5-3-4-14(12-18)11-16(13-20)15-6-8-17(19)9-7-15/h1,3-9,11-12H,10H2/b16-11-. The van der Waals surface area contributed by atoms with Crippen LogP contribution in [0.4, 0.5) is 0 Å². The summed E-state index contributed by atoms with van der Waals surface area (Å²) in [5, 5.41) is 9.34. The second kappa shape index (κ2) is 7.52. The highest BCUT2D eigenvalue weighted by molar-refractivity contribution is 14.1. The Morgan fingerprint density at radius 3 is 2.67 bits per heavy atom. The van der Waals surface area contributed by atoms with E-state index >= 15 is 0 Å². The lowest BCUT2D eigenvalue weighted by atomic mass is 10.0. The van der Waals surface area contributed by atoms with E-state index in [-0.39, 0.29) is 6.61 Å². The van der Waals surface area contributed by atoms with Gasteiger partial charge in [-0.2, -0.15) is 5.26 Å². The molecule has 0 aliphatic heterocycles. The molecular formula is C18H12INO. The third-order valence-corrected chi connectivity index (χ3v) is 3.49. The van der Waals surface area contributed by atoms with Gasteiger partial charge in [0.1, 0.15) is 12.4 Å². The van der Waals surface area contributed by atoms with Crippen LogP contribution in [0.2, 0.25) is 0 Å². The lowest BCUT2D eigenvalue weighted by molar-refractivity contribution is 0.370. The molecule has 2 aromatic carbocycles. The van der Waals surface area contributed by atoms with Crippen LogP contribution in [0.1, 0.15) is 11.1 Å². The topological polar surface area (TPSA) is 33.0 Å². The number of nitrogens with zero attached hydrogens (tertiary/aromatic N) is 1. The van der Waals surface area contributed by atoms with Crippen molar-refractivity contribution in [2.75, 3.05) is 6.61 Å². The predicted octanol–water partition coefficient (Wildman–Crippen LogP) is 4.37. The van der Waals surface area contributed by atoms with Crippen molar-refractivity contribution in [2.24, 2.45) is 0 Å². The summed E-state index contributed by atoms with van der Waals surface area (Å²) in [4.78, 5) is 0. The number of benzene rings is 2. The Balaban J connectivity index is 2.30. The average molecular weight is 385 g/mol. The summed E-state index contributed by atoms with van der Waals surface area (Å²) in [6.45, 7) is 0.232. The largest absolute Gasteiger partial charge is 0.481 e. The molecule has 0 aliphatic carbocycles. The normalized spacial score (nSPS) is 10.5. The molecule has 3 heteroatoms. The number of hydrogen-bond donors (Lipinski definition) is 0. The van der Waals surface area contributed by atoms with Crippen molar-refractivity contribution in [2.45, 2.75) is 0 Å². The number of allylic oxidation sites excluding steroid dienone is 1. The van der Waals surface area contributed by atoms with Gasteiger partial charge in [-0.25, -0.2) is 0 Å². The highest BCUT2D eigenvalue weighted by atomic mass is 127. The molecule has 0 fully saturated rings. The SMILES string of the molecule is C#CCOc1cccc(/C=C(/C#N)c2ccc(I)cc2)c1. The van der Waals surface area contributed by atoms with E-state index in [1.807, 2.05) is 54.6 Å². The fraction of sp³-hybridized carbons (Fsp3) is 0.0556. The minimum atomic E-state index is 0.232. The Morgan fingerprint density at radius 2 is 2.00 bits per heavy atom. The summed E-state index contributed by atoms with van der Waals surface area (Å²) in [5.74, 6) is 3.12. The molecule has 2 nitrogen and oxygen atoms in total. The van der Waals surface area contributed by atoms with Crippen molar-refractivity contribution >= 4 is 34.2 Å². The smallest absolute Gasteiger partial charge is 0.148 e. The van der Waals surface area contributed by atoms with Crippen LogP contribution in [0.25, 0.3) is 11.6 Å². The molecule has 0 spiro atoms. The van der Waals surface area contributed by atoms with Crippen molar-refractivity contribution in [3.63, 3.8) is 0 Å². The first kappa shape index (κ1) is 15.2. The zero-order chi connectivity index (χ0) is 15.1. The van der Waals surface area contributed by atoms with Gasteiger partial charge in [0.2, 0.25) is 0 Å². The van der Waals surface area contributed by atoms with Crippen LogP contribution in [-0.2, 0) is 0 Å². The summed E-state index contributed by atoms with van der Waals surface area (Å²) >= 11 is 2.24. The quantitative estimate of drug-likeness (QED) is 0.339. The molecule has 0 aliphatic rings. The van der Waals surface area contributed by atoms with E-state index < -0.39 is 0 Å². The van der Waals surface area contributed by atoms with Crippen LogP contribution < -0.4 is 4.74 Å². The van der Waals surface area contributed by atoms with Gasteiger partial charge in [-0.3, -0.25) is 0 Å². The van der Waals surface area contributed by atoms with Gasteiger partial charge in [0.05, 0.1) is 11.6 Å². The van der Waals surface area contributed by atoms with Crippen molar-refractivity contribution in [1.29, 1.82) is 5.26 Å². The maximum absolute atomic E-state index is 9.34. The van der Waals surface area contributed by atoms with Crippen LogP contribution in [0.5, 0.6) is 5.75 Å². The van der Waals surface area contributed by atoms with Crippen LogP contribution in [0.15, 0.2) is 48.5 Å². The lowest BCUT2D eigenvalue weighted by Gasteiger charge is -2.04. The maximum Gasteiger partial charge on any atom is 0.148 e. The monoisotopic (exact) mass is 385 g/mol. The summed E-state index contributed by atoms with van der Waals surface area (Å²) in [6.07, 6.45) is 7.01. The van der Waals surface area contributed by atoms with Gasteiger partial charge < -0.3 is 4.74 Å². The van der Waals surface area contributed by atoms with Gasteiger partial charge in [0.25, 0.3) is 0 Å². The first-order valence-corrected chi connectivity index (χ1v) is 7.35. The van der Waals surface area contributed by atoms with Gasteiger partial charge in [0.15, 0.2) is 0 Å². The molecule has 2 aromatic rings. The fourth-order valence-electron chi connectivity index (χ4n) is 1.80. The summed E-state index contributed by atoms with van der Waals surface area (Å²) in [5.41, 5.74) is 2.41. The van der Waals surface area contributed by atoms with Gasteiger partial charge in [0, 0.05) is 3.57 Å². The molecule has 0 N–H and O–H groups in total. The zero-order valence-corrected chi connectivity index (χ0v) is 13.4. The van der Waals surface area contributed by atoms with Crippen LogP contribution in [-0.4, -0.2) is 6.61 Å². The Bertz CT molecular complexity index is 733. The summed E-state index contributed by atoms with van der Waals surface area (Å²) in [6, 6.07) is 17.6. The minimum Gasteiger partial charge on any atom is -0.481 e. The molecule has 0 aromatic heterocycles. The van der Waals surface area contributed by atoms with Gasteiger partial charge in [-0.1, -0.05) is 30.2 Å². The van der Waals surface area contributed by atoms with Crippen molar-refractivity contribution in [3.8, 4) is 24.2 Å². The highest BCUT2D eigenvalue weighted by Crippen LogP contribution is 2.21. The molecule has 0 unspecified atom stereocenters. The van der Waals surface area contributed by atoms with Gasteiger partial charge in [-0.15, -0.1) is 6.42 Å². The van der Waals surface area contributed by atoms with E-state index in [0.29, 0.717) is 11.3 Å². The maximum atomic E-state index is 9.34. The molecule has 0 radical (unpaired) electrons. The first-order valence-electron chi connectivity index (χ1n) is 6.27. The lowest BCUT2D eigenvalue weighted by Crippen LogP contribution is -1.93. The van der Waals surface area contributed by atoms with E-state index in [9.17, 15) is 5.26 Å². The van der Waals surface area contributed by atoms with Gasteiger partial charge in [-0.05, 0) is 64.1 Å². The van der Waals surface area contributed by atoms with Crippen LogP contribution in [0.3, 0.4) is 0 Å². The highest BCUT2D eigenvalue weighted by Gasteiger charge is 2.02. The van der Waals surface area contributed by atoms with Gasteiger partial charge >= 0.3 is 0 Å². The van der Waals surface area contributed by atoms with Crippen molar-refractivity contribution in [1.82, 2.24) is 0 Å². The van der Waals surface area contributed by atoms with Crippen LogP contribution >= 0.6 is 22.6 Å². The third kappa shape index (κ3) is 4.37. The second-order valence-electron chi connectivity index (χ2n) is 4.24. The zero-order valence-electron chi connectivity index (χ0n) is 11.2. The number of ether oxygens (including phenoxy) is 1. The molecular weight excluding hydrogens is 373 g/mol.